The number of rotatable bonds is 4. The van der Waals surface area contributed by atoms with Gasteiger partial charge in [0.2, 0.25) is 0 Å². The summed E-state index contributed by atoms with van der Waals surface area (Å²) >= 11 is 1.70. The first-order valence-electron chi connectivity index (χ1n) is 9.05. The van der Waals surface area contributed by atoms with Gasteiger partial charge in [-0.2, -0.15) is 0 Å². The van der Waals surface area contributed by atoms with E-state index in [0.29, 0.717) is 0 Å². The molecular weight excluding hydrogens is 344 g/mol. The maximum absolute atomic E-state index is 12.8. The molecule has 0 N–H and O–H groups in total. The highest BCUT2D eigenvalue weighted by atomic mass is 32.1. The van der Waals surface area contributed by atoms with Crippen LogP contribution in [-0.2, 0) is 4.79 Å². The third-order valence-electron chi connectivity index (χ3n) is 4.77. The second kappa shape index (κ2) is 7.46. The summed E-state index contributed by atoms with van der Waals surface area (Å²) < 4.78 is 6.91. The van der Waals surface area contributed by atoms with Gasteiger partial charge in [0, 0.05) is 6.54 Å². The fourth-order valence-corrected chi connectivity index (χ4v) is 4.57. The summed E-state index contributed by atoms with van der Waals surface area (Å²) in [4.78, 5) is 19.6. The molecule has 3 aromatic rings. The lowest BCUT2D eigenvalue weighted by Gasteiger charge is -2.34. The lowest BCUT2D eigenvalue weighted by molar-refractivity contribution is -0.137. The normalized spacial score (nSPS) is 17.4. The number of piperidine rings is 1. The predicted molar refractivity (Wildman–Crippen MR) is 105 cm³/mol. The molecule has 134 valence electrons. The monoisotopic (exact) mass is 366 g/mol. The Morgan fingerprint density at radius 3 is 2.96 bits per heavy atom. The number of benzene rings is 2. The molecular formula is C21H22N2O2S. The Bertz CT molecular complexity index is 888. The Labute approximate surface area is 157 Å². The highest BCUT2D eigenvalue weighted by molar-refractivity contribution is 7.18. The van der Waals surface area contributed by atoms with Crippen LogP contribution in [0.2, 0.25) is 0 Å². The van der Waals surface area contributed by atoms with Crippen LogP contribution in [0, 0.1) is 6.92 Å². The van der Waals surface area contributed by atoms with Crippen molar-refractivity contribution < 1.29 is 9.53 Å². The van der Waals surface area contributed by atoms with E-state index in [-0.39, 0.29) is 18.6 Å². The van der Waals surface area contributed by atoms with Crippen molar-refractivity contribution in [2.45, 2.75) is 32.2 Å². The molecule has 0 aliphatic carbocycles. The minimum atomic E-state index is 0.0375. The van der Waals surface area contributed by atoms with Gasteiger partial charge in [0.05, 0.1) is 16.3 Å². The molecule has 1 fully saturated rings. The van der Waals surface area contributed by atoms with Gasteiger partial charge >= 0.3 is 0 Å². The van der Waals surface area contributed by atoms with Gasteiger partial charge in [0.15, 0.2) is 6.61 Å². The van der Waals surface area contributed by atoms with Crippen molar-refractivity contribution in [1.82, 2.24) is 9.88 Å². The Hall–Kier alpha value is -2.40. The zero-order chi connectivity index (χ0) is 17.9. The van der Waals surface area contributed by atoms with Crippen LogP contribution in [0.3, 0.4) is 0 Å². The molecule has 0 spiro atoms. The fraction of sp³-hybridized carbons (Fsp3) is 0.333. The number of amides is 1. The van der Waals surface area contributed by atoms with Crippen LogP contribution >= 0.6 is 11.3 Å². The summed E-state index contributed by atoms with van der Waals surface area (Å²) in [6, 6.07) is 16.0. The molecule has 5 heteroatoms. The van der Waals surface area contributed by atoms with Crippen LogP contribution in [0.25, 0.3) is 10.2 Å². The van der Waals surface area contributed by atoms with E-state index in [1.165, 1.54) is 4.70 Å². The van der Waals surface area contributed by atoms with Crippen LogP contribution in [0.5, 0.6) is 5.75 Å². The molecule has 1 aromatic heterocycles. The van der Waals surface area contributed by atoms with Crippen molar-refractivity contribution in [2.75, 3.05) is 13.2 Å². The molecule has 0 bridgehead atoms. The van der Waals surface area contributed by atoms with Crippen LogP contribution in [-0.4, -0.2) is 28.9 Å². The molecule has 2 aromatic carbocycles. The number of aryl methyl sites for hydroxylation is 1. The SMILES string of the molecule is Cc1cccc(OCC(=O)N2CCCC[C@@H]2c2nc3ccccc3s2)c1. The summed E-state index contributed by atoms with van der Waals surface area (Å²) in [7, 11) is 0. The molecule has 2 heterocycles. The number of thiazole rings is 1. The van der Waals surface area contributed by atoms with E-state index in [1.54, 1.807) is 11.3 Å². The number of para-hydroxylation sites is 1. The van der Waals surface area contributed by atoms with E-state index in [9.17, 15) is 4.79 Å². The number of likely N-dealkylation sites (tertiary alicyclic amines) is 1. The van der Waals surface area contributed by atoms with E-state index in [0.717, 1.165) is 47.6 Å². The molecule has 1 amide bonds. The van der Waals surface area contributed by atoms with E-state index >= 15 is 0 Å². The number of hydrogen-bond acceptors (Lipinski definition) is 4. The van der Waals surface area contributed by atoms with Gasteiger partial charge in [-0.25, -0.2) is 4.98 Å². The first kappa shape index (κ1) is 17.0. The maximum atomic E-state index is 12.8. The van der Waals surface area contributed by atoms with Gasteiger partial charge in [0.25, 0.3) is 5.91 Å². The van der Waals surface area contributed by atoms with E-state index in [1.807, 2.05) is 54.3 Å². The minimum absolute atomic E-state index is 0.0375. The standard InChI is InChI=1S/C21H22N2O2S/c1-15-7-6-8-16(13-15)25-14-20(24)23-12-5-4-10-18(23)21-22-17-9-2-3-11-19(17)26-21/h2-3,6-9,11,13,18H,4-5,10,12,14H2,1H3/t18-/m1/s1. The van der Waals surface area contributed by atoms with Crippen LogP contribution in [0.4, 0.5) is 0 Å². The topological polar surface area (TPSA) is 42.4 Å². The van der Waals surface area contributed by atoms with Crippen molar-refractivity contribution in [3.8, 4) is 5.75 Å². The van der Waals surface area contributed by atoms with Crippen LogP contribution < -0.4 is 4.74 Å². The molecule has 4 nitrogen and oxygen atoms in total. The van der Waals surface area contributed by atoms with Crippen molar-refractivity contribution in [2.24, 2.45) is 0 Å². The molecule has 1 saturated heterocycles. The summed E-state index contributed by atoms with van der Waals surface area (Å²) in [6.07, 6.45) is 3.14. The fourth-order valence-electron chi connectivity index (χ4n) is 3.45. The van der Waals surface area contributed by atoms with Crippen molar-refractivity contribution in [1.29, 1.82) is 0 Å². The lowest BCUT2D eigenvalue weighted by Crippen LogP contribution is -2.41. The first-order valence-corrected chi connectivity index (χ1v) is 9.87. The Kier molecular flexibility index (Phi) is 4.89. The number of carbonyl (C=O) groups is 1. The molecule has 26 heavy (non-hydrogen) atoms. The van der Waals surface area contributed by atoms with E-state index in [2.05, 4.69) is 6.07 Å². The van der Waals surface area contributed by atoms with Crippen molar-refractivity contribution >= 4 is 27.5 Å². The highest BCUT2D eigenvalue weighted by Crippen LogP contribution is 2.35. The number of aromatic nitrogens is 1. The number of carbonyl (C=O) groups excluding carboxylic acids is 1. The van der Waals surface area contributed by atoms with Gasteiger partial charge in [0.1, 0.15) is 10.8 Å². The zero-order valence-corrected chi connectivity index (χ0v) is 15.7. The molecule has 1 aliphatic heterocycles. The molecule has 4 rings (SSSR count). The third kappa shape index (κ3) is 3.58. The van der Waals surface area contributed by atoms with Crippen molar-refractivity contribution in [3.05, 3.63) is 59.1 Å². The number of ether oxygens (including phenoxy) is 1. The van der Waals surface area contributed by atoms with E-state index < -0.39 is 0 Å². The first-order chi connectivity index (χ1) is 12.7. The molecule has 1 atom stereocenters. The summed E-state index contributed by atoms with van der Waals surface area (Å²) in [6.45, 7) is 2.87. The molecule has 0 unspecified atom stereocenters. The zero-order valence-electron chi connectivity index (χ0n) is 14.9. The predicted octanol–water partition coefficient (Wildman–Crippen LogP) is 4.74. The highest BCUT2D eigenvalue weighted by Gasteiger charge is 2.30. The molecule has 1 aliphatic rings. The van der Waals surface area contributed by atoms with Gasteiger partial charge < -0.3 is 9.64 Å². The minimum Gasteiger partial charge on any atom is -0.484 e. The average molecular weight is 366 g/mol. The van der Waals surface area contributed by atoms with E-state index in [4.69, 9.17) is 9.72 Å². The average Bonchev–Trinajstić information content (AvgIpc) is 3.10. The smallest absolute Gasteiger partial charge is 0.261 e. The Morgan fingerprint density at radius 2 is 2.12 bits per heavy atom. The maximum Gasteiger partial charge on any atom is 0.261 e. The number of fused-ring (bicyclic) bond motifs is 1. The second-order valence-electron chi connectivity index (χ2n) is 6.72. The van der Waals surface area contributed by atoms with Crippen LogP contribution in [0.15, 0.2) is 48.5 Å². The van der Waals surface area contributed by atoms with Gasteiger partial charge in [-0.15, -0.1) is 11.3 Å². The van der Waals surface area contributed by atoms with Gasteiger partial charge in [-0.05, 0) is 56.0 Å². The summed E-state index contributed by atoms with van der Waals surface area (Å²) in [5.41, 5.74) is 2.14. The largest absolute Gasteiger partial charge is 0.484 e. The second-order valence-corrected chi connectivity index (χ2v) is 7.79. The Morgan fingerprint density at radius 1 is 1.23 bits per heavy atom. The summed E-state index contributed by atoms with van der Waals surface area (Å²) in [5, 5.41) is 1.04. The Balaban J connectivity index is 1.50. The third-order valence-corrected chi connectivity index (χ3v) is 5.91. The van der Waals surface area contributed by atoms with Gasteiger partial charge in [-0.1, -0.05) is 24.3 Å². The lowest BCUT2D eigenvalue weighted by atomic mass is 10.0. The molecule has 0 radical (unpaired) electrons. The number of hydrogen-bond donors (Lipinski definition) is 0. The number of nitrogens with zero attached hydrogens (tertiary/aromatic N) is 2. The van der Waals surface area contributed by atoms with Gasteiger partial charge in [-0.3, -0.25) is 4.79 Å². The van der Waals surface area contributed by atoms with Crippen LogP contribution in [0.1, 0.15) is 35.9 Å². The molecule has 0 saturated carbocycles. The quantitative estimate of drug-likeness (QED) is 0.670. The summed E-state index contributed by atoms with van der Waals surface area (Å²) in [5.74, 6) is 0.780. The van der Waals surface area contributed by atoms with Crippen molar-refractivity contribution in [3.63, 3.8) is 0 Å².